The van der Waals surface area contributed by atoms with Crippen molar-refractivity contribution in [3.05, 3.63) is 35.4 Å². The molecule has 0 heterocycles. The third kappa shape index (κ3) is 5.59. The van der Waals surface area contributed by atoms with E-state index in [9.17, 15) is 8.42 Å². The normalized spacial score (nSPS) is 15.8. The Bertz CT molecular complexity index is 590. The van der Waals surface area contributed by atoms with Crippen molar-refractivity contribution < 1.29 is 8.42 Å². The molecule has 0 aromatic heterocycles. The van der Waals surface area contributed by atoms with Crippen molar-refractivity contribution in [1.29, 1.82) is 0 Å². The molecule has 2 rings (SSSR count). The van der Waals surface area contributed by atoms with Crippen molar-refractivity contribution in [2.24, 2.45) is 0 Å². The number of nitrogens with zero attached hydrogens (tertiary/aromatic N) is 2. The van der Waals surface area contributed by atoms with Crippen molar-refractivity contribution in [2.75, 3.05) is 26.4 Å². The minimum Gasteiger partial charge on any atom is -0.296 e. The Morgan fingerprint density at radius 1 is 1.13 bits per heavy atom. The fourth-order valence-corrected chi connectivity index (χ4v) is 3.56. The van der Waals surface area contributed by atoms with Gasteiger partial charge in [-0.1, -0.05) is 38.1 Å². The monoisotopic (exact) mass is 338 g/mol. The largest absolute Gasteiger partial charge is 0.296 e. The van der Waals surface area contributed by atoms with Gasteiger partial charge in [0, 0.05) is 26.7 Å². The third-order valence-electron chi connectivity index (χ3n) is 4.50. The second kappa shape index (κ2) is 7.77. The van der Waals surface area contributed by atoms with E-state index in [2.05, 4.69) is 43.0 Å². The molecule has 5 heteroatoms. The Morgan fingerprint density at radius 3 is 2.22 bits per heavy atom. The molecule has 0 aliphatic heterocycles. The smallest absolute Gasteiger partial charge is 0.213 e. The summed E-state index contributed by atoms with van der Waals surface area (Å²) < 4.78 is 25.0. The summed E-state index contributed by atoms with van der Waals surface area (Å²) >= 11 is 0. The number of hydrogen-bond donors (Lipinski definition) is 0. The van der Waals surface area contributed by atoms with Gasteiger partial charge in [-0.15, -0.1) is 0 Å². The third-order valence-corrected chi connectivity index (χ3v) is 6.42. The highest BCUT2D eigenvalue weighted by Gasteiger charge is 2.29. The predicted molar refractivity (Wildman–Crippen MR) is 96.1 cm³/mol. The van der Waals surface area contributed by atoms with Gasteiger partial charge in [-0.25, -0.2) is 12.7 Å². The van der Waals surface area contributed by atoms with Crippen LogP contribution in [-0.2, 0) is 16.6 Å². The Kier molecular flexibility index (Phi) is 6.23. The van der Waals surface area contributed by atoms with Crippen molar-refractivity contribution in [1.82, 2.24) is 9.21 Å². The zero-order valence-electron chi connectivity index (χ0n) is 14.8. The zero-order valence-corrected chi connectivity index (χ0v) is 15.6. The van der Waals surface area contributed by atoms with Crippen LogP contribution in [0.3, 0.4) is 0 Å². The Balaban J connectivity index is 1.89. The zero-order chi connectivity index (χ0) is 17.0. The van der Waals surface area contributed by atoms with Gasteiger partial charge in [0.05, 0.1) is 5.75 Å². The molecule has 1 aromatic rings. The number of benzene rings is 1. The quantitative estimate of drug-likeness (QED) is 0.695. The highest BCUT2D eigenvalue weighted by atomic mass is 32.2. The summed E-state index contributed by atoms with van der Waals surface area (Å²) in [5, 5.41) is 0. The minimum absolute atomic E-state index is 0.232. The van der Waals surface area contributed by atoms with Gasteiger partial charge >= 0.3 is 0 Å². The molecule has 130 valence electrons. The molecule has 1 aromatic carbocycles. The molecule has 1 aliphatic carbocycles. The van der Waals surface area contributed by atoms with Crippen molar-refractivity contribution in [3.63, 3.8) is 0 Å². The molecule has 1 aliphatic rings. The molecule has 0 spiro atoms. The maximum atomic E-state index is 11.9. The maximum Gasteiger partial charge on any atom is 0.213 e. The van der Waals surface area contributed by atoms with Crippen LogP contribution in [-0.4, -0.2) is 50.1 Å². The van der Waals surface area contributed by atoms with Crippen LogP contribution in [0, 0.1) is 0 Å². The predicted octanol–water partition coefficient (Wildman–Crippen LogP) is 3.06. The minimum atomic E-state index is -3.08. The summed E-state index contributed by atoms with van der Waals surface area (Å²) in [7, 11) is 0.122. The Morgan fingerprint density at radius 2 is 1.74 bits per heavy atom. The Labute approximate surface area is 141 Å². The van der Waals surface area contributed by atoms with E-state index in [1.807, 2.05) is 0 Å². The van der Waals surface area contributed by atoms with Crippen molar-refractivity contribution >= 4 is 10.0 Å². The summed E-state index contributed by atoms with van der Waals surface area (Å²) in [6, 6.07) is 9.48. The lowest BCUT2D eigenvalue weighted by atomic mass is 10.0. The first-order valence-electron chi connectivity index (χ1n) is 8.52. The van der Waals surface area contributed by atoms with Crippen LogP contribution < -0.4 is 0 Å². The maximum absolute atomic E-state index is 11.9. The molecule has 23 heavy (non-hydrogen) atoms. The van der Waals surface area contributed by atoms with E-state index >= 15 is 0 Å². The van der Waals surface area contributed by atoms with Crippen LogP contribution >= 0.6 is 0 Å². The van der Waals surface area contributed by atoms with E-state index in [1.165, 1.54) is 28.3 Å². The average Bonchev–Trinajstić information content (AvgIpc) is 3.31. The fraction of sp³-hybridized carbons (Fsp3) is 0.667. The molecule has 0 N–H and O–H groups in total. The number of rotatable bonds is 9. The number of sulfonamides is 1. The van der Waals surface area contributed by atoms with Crippen LogP contribution in [0.2, 0.25) is 0 Å². The summed E-state index contributed by atoms with van der Waals surface area (Å²) in [6.07, 6.45) is 3.18. The molecule has 1 fully saturated rings. The Hall–Kier alpha value is -0.910. The summed E-state index contributed by atoms with van der Waals surface area (Å²) in [5.74, 6) is 0.787. The summed E-state index contributed by atoms with van der Waals surface area (Å²) in [5.41, 5.74) is 2.68. The molecule has 0 unspecified atom stereocenters. The van der Waals surface area contributed by atoms with Crippen LogP contribution in [0.4, 0.5) is 0 Å². The van der Waals surface area contributed by atoms with Crippen LogP contribution in [0.15, 0.2) is 24.3 Å². The molecule has 0 radical (unpaired) electrons. The molecule has 4 nitrogen and oxygen atoms in total. The van der Waals surface area contributed by atoms with Gasteiger partial charge in [0.2, 0.25) is 10.0 Å². The van der Waals surface area contributed by atoms with Crippen LogP contribution in [0.25, 0.3) is 0 Å². The lowest BCUT2D eigenvalue weighted by Crippen LogP contribution is -2.30. The molecular formula is C18H30N2O2S. The van der Waals surface area contributed by atoms with E-state index in [0.717, 1.165) is 13.1 Å². The fourth-order valence-electron chi connectivity index (χ4n) is 2.71. The van der Waals surface area contributed by atoms with E-state index in [1.54, 1.807) is 14.1 Å². The van der Waals surface area contributed by atoms with Crippen LogP contribution in [0.1, 0.15) is 50.2 Å². The van der Waals surface area contributed by atoms with Gasteiger partial charge in [0.15, 0.2) is 0 Å². The van der Waals surface area contributed by atoms with E-state index in [4.69, 9.17) is 0 Å². The second-order valence-corrected chi connectivity index (χ2v) is 9.35. The summed E-state index contributed by atoms with van der Waals surface area (Å²) in [6.45, 7) is 6.18. The topological polar surface area (TPSA) is 40.6 Å². The van der Waals surface area contributed by atoms with Gasteiger partial charge in [-0.3, -0.25) is 4.90 Å². The molecule has 0 bridgehead atoms. The standard InChI is InChI=1S/C18H30N2O2S/c1-15(2)17-8-6-16(7-9-17)14-20(18-10-11-18)12-5-13-23(21,22)19(3)4/h6-9,15,18H,5,10-14H2,1-4H3. The van der Waals surface area contributed by atoms with Gasteiger partial charge in [-0.2, -0.15) is 0 Å². The summed E-state index contributed by atoms with van der Waals surface area (Å²) in [4.78, 5) is 2.44. The average molecular weight is 339 g/mol. The highest BCUT2D eigenvalue weighted by Crippen LogP contribution is 2.28. The van der Waals surface area contributed by atoms with E-state index < -0.39 is 10.0 Å². The molecular weight excluding hydrogens is 308 g/mol. The molecule has 0 atom stereocenters. The van der Waals surface area contributed by atoms with Crippen molar-refractivity contribution in [2.45, 2.75) is 51.6 Å². The first kappa shape index (κ1) is 18.4. The molecule has 0 amide bonds. The van der Waals surface area contributed by atoms with Gasteiger partial charge in [0.1, 0.15) is 0 Å². The number of hydrogen-bond acceptors (Lipinski definition) is 3. The van der Waals surface area contributed by atoms with Gasteiger partial charge in [0.25, 0.3) is 0 Å². The SMILES string of the molecule is CC(C)c1ccc(CN(CCCS(=O)(=O)N(C)C)C2CC2)cc1. The lowest BCUT2D eigenvalue weighted by Gasteiger charge is -2.22. The van der Waals surface area contributed by atoms with E-state index in [-0.39, 0.29) is 5.75 Å². The lowest BCUT2D eigenvalue weighted by molar-refractivity contribution is 0.255. The van der Waals surface area contributed by atoms with Gasteiger partial charge in [-0.05, 0) is 42.9 Å². The molecule has 0 saturated heterocycles. The van der Waals surface area contributed by atoms with Crippen molar-refractivity contribution in [3.8, 4) is 0 Å². The highest BCUT2D eigenvalue weighted by molar-refractivity contribution is 7.89. The van der Waals surface area contributed by atoms with E-state index in [0.29, 0.717) is 18.4 Å². The van der Waals surface area contributed by atoms with Crippen LogP contribution in [0.5, 0.6) is 0 Å². The molecule has 1 saturated carbocycles. The second-order valence-electron chi connectivity index (χ2n) is 7.05. The van der Waals surface area contributed by atoms with Gasteiger partial charge < -0.3 is 0 Å². The first-order chi connectivity index (χ1) is 10.8. The first-order valence-corrected chi connectivity index (χ1v) is 10.1.